The van der Waals surface area contributed by atoms with Crippen molar-refractivity contribution in [3.63, 3.8) is 0 Å². The highest BCUT2D eigenvalue weighted by molar-refractivity contribution is 6.30. The number of carbonyl (C=O) groups is 1. The number of piperidine rings is 1. The van der Waals surface area contributed by atoms with Crippen molar-refractivity contribution in [2.75, 3.05) is 30.4 Å². The first-order valence-corrected chi connectivity index (χ1v) is 8.79. The fourth-order valence-electron chi connectivity index (χ4n) is 3.08. The van der Waals surface area contributed by atoms with Crippen LogP contribution in [0, 0.1) is 5.92 Å². The molecule has 25 heavy (non-hydrogen) atoms. The zero-order chi connectivity index (χ0) is 17.6. The van der Waals surface area contributed by atoms with Crippen LogP contribution in [0.4, 0.5) is 11.5 Å². The third-order valence-electron chi connectivity index (χ3n) is 4.41. The van der Waals surface area contributed by atoms with Gasteiger partial charge in [0.2, 0.25) is 5.91 Å². The molecule has 1 fully saturated rings. The zero-order valence-electron chi connectivity index (χ0n) is 14.2. The molecule has 0 saturated carbocycles. The van der Waals surface area contributed by atoms with Gasteiger partial charge in [-0.3, -0.25) is 4.79 Å². The summed E-state index contributed by atoms with van der Waals surface area (Å²) in [4.78, 5) is 19.1. The quantitative estimate of drug-likeness (QED) is 0.883. The minimum absolute atomic E-state index is 0.0228. The van der Waals surface area contributed by atoms with Gasteiger partial charge in [-0.25, -0.2) is 4.98 Å². The van der Waals surface area contributed by atoms with Gasteiger partial charge in [0, 0.05) is 38.0 Å². The Hall–Kier alpha value is -2.11. The predicted molar refractivity (Wildman–Crippen MR) is 100.0 cm³/mol. The number of nitrogens with one attached hydrogen (secondary N) is 1. The second-order valence-electron chi connectivity index (χ2n) is 6.22. The number of ether oxygens (including phenoxy) is 1. The Labute approximate surface area is 153 Å². The molecule has 0 unspecified atom stereocenters. The minimum Gasteiger partial charge on any atom is -0.380 e. The lowest BCUT2D eigenvalue weighted by atomic mass is 9.95. The molecule has 0 spiro atoms. The molecule has 1 aromatic carbocycles. The molecule has 1 aliphatic rings. The van der Waals surface area contributed by atoms with Crippen LogP contribution in [-0.2, 0) is 16.1 Å². The van der Waals surface area contributed by atoms with Crippen LogP contribution in [0.1, 0.15) is 18.4 Å². The number of aromatic nitrogens is 1. The molecular formula is C19H22ClN3O2. The first-order chi connectivity index (χ1) is 12.2. The Bertz CT molecular complexity index is 713. The molecule has 0 bridgehead atoms. The van der Waals surface area contributed by atoms with E-state index in [1.54, 1.807) is 13.3 Å². The molecule has 6 heteroatoms. The van der Waals surface area contributed by atoms with Gasteiger partial charge in [-0.05, 0) is 42.7 Å². The average molecular weight is 360 g/mol. The predicted octanol–water partition coefficient (Wildman–Crippen LogP) is 3.74. The fraction of sp³-hybridized carbons (Fsp3) is 0.368. The number of benzene rings is 1. The zero-order valence-corrected chi connectivity index (χ0v) is 15.0. The molecule has 132 valence electrons. The van der Waals surface area contributed by atoms with E-state index in [0.717, 1.165) is 43.0 Å². The summed E-state index contributed by atoms with van der Waals surface area (Å²) in [5.74, 6) is 1.02. The molecule has 0 atom stereocenters. The SMILES string of the molecule is COCc1cccc(NC(=O)C2CCN(c3ccc(Cl)cn3)CC2)c1. The lowest BCUT2D eigenvalue weighted by Gasteiger charge is -2.32. The molecule has 1 aromatic heterocycles. The summed E-state index contributed by atoms with van der Waals surface area (Å²) >= 11 is 5.88. The third kappa shape index (κ3) is 4.71. The van der Waals surface area contributed by atoms with Crippen molar-refractivity contribution in [2.45, 2.75) is 19.4 Å². The van der Waals surface area contributed by atoms with Crippen LogP contribution in [0.2, 0.25) is 5.02 Å². The second-order valence-corrected chi connectivity index (χ2v) is 6.66. The highest BCUT2D eigenvalue weighted by atomic mass is 35.5. The molecule has 2 aromatic rings. The number of anilines is 2. The Morgan fingerprint density at radius 1 is 1.32 bits per heavy atom. The van der Waals surface area contributed by atoms with Crippen molar-refractivity contribution < 1.29 is 9.53 Å². The average Bonchev–Trinajstić information content (AvgIpc) is 2.63. The van der Waals surface area contributed by atoms with Crippen LogP contribution in [0.15, 0.2) is 42.6 Å². The van der Waals surface area contributed by atoms with E-state index in [9.17, 15) is 4.79 Å². The highest BCUT2D eigenvalue weighted by Gasteiger charge is 2.25. The number of carbonyl (C=O) groups excluding carboxylic acids is 1. The van der Waals surface area contributed by atoms with E-state index in [1.165, 1.54) is 0 Å². The maximum absolute atomic E-state index is 12.5. The first kappa shape index (κ1) is 17.7. The molecule has 2 heterocycles. The molecule has 5 nitrogen and oxygen atoms in total. The van der Waals surface area contributed by atoms with Gasteiger partial charge in [0.05, 0.1) is 11.6 Å². The number of rotatable bonds is 5. The molecule has 1 saturated heterocycles. The number of amides is 1. The monoisotopic (exact) mass is 359 g/mol. The number of nitrogens with zero attached hydrogens (tertiary/aromatic N) is 2. The van der Waals surface area contributed by atoms with Gasteiger partial charge in [0.25, 0.3) is 0 Å². The van der Waals surface area contributed by atoms with Crippen LogP contribution < -0.4 is 10.2 Å². The maximum Gasteiger partial charge on any atom is 0.227 e. The van der Waals surface area contributed by atoms with E-state index in [1.807, 2.05) is 36.4 Å². The van der Waals surface area contributed by atoms with Gasteiger partial charge in [0.1, 0.15) is 5.82 Å². The van der Waals surface area contributed by atoms with Crippen molar-refractivity contribution in [3.8, 4) is 0 Å². The van der Waals surface area contributed by atoms with Gasteiger partial charge in [-0.2, -0.15) is 0 Å². The molecule has 0 radical (unpaired) electrons. The number of methoxy groups -OCH3 is 1. The van der Waals surface area contributed by atoms with Crippen molar-refractivity contribution in [2.24, 2.45) is 5.92 Å². The molecule has 0 aliphatic carbocycles. The largest absolute Gasteiger partial charge is 0.380 e. The van der Waals surface area contributed by atoms with Crippen LogP contribution in [0.5, 0.6) is 0 Å². The topological polar surface area (TPSA) is 54.5 Å². The number of hydrogen-bond donors (Lipinski definition) is 1. The summed E-state index contributed by atoms with van der Waals surface area (Å²) in [6, 6.07) is 11.5. The van der Waals surface area contributed by atoms with E-state index in [0.29, 0.717) is 11.6 Å². The van der Waals surface area contributed by atoms with Crippen molar-refractivity contribution in [3.05, 3.63) is 53.2 Å². The lowest BCUT2D eigenvalue weighted by Crippen LogP contribution is -2.38. The summed E-state index contributed by atoms with van der Waals surface area (Å²) in [5.41, 5.74) is 1.87. The Morgan fingerprint density at radius 3 is 2.80 bits per heavy atom. The van der Waals surface area contributed by atoms with Crippen LogP contribution in [0.3, 0.4) is 0 Å². The summed E-state index contributed by atoms with van der Waals surface area (Å²) < 4.78 is 5.13. The maximum atomic E-state index is 12.5. The van der Waals surface area contributed by atoms with Gasteiger partial charge >= 0.3 is 0 Å². The first-order valence-electron chi connectivity index (χ1n) is 8.41. The fourth-order valence-corrected chi connectivity index (χ4v) is 3.19. The smallest absolute Gasteiger partial charge is 0.227 e. The van der Waals surface area contributed by atoms with E-state index in [2.05, 4.69) is 15.2 Å². The number of hydrogen-bond acceptors (Lipinski definition) is 4. The highest BCUT2D eigenvalue weighted by Crippen LogP contribution is 2.24. The Kier molecular flexibility index (Phi) is 5.89. The van der Waals surface area contributed by atoms with Crippen molar-refractivity contribution >= 4 is 29.0 Å². The third-order valence-corrected chi connectivity index (χ3v) is 4.63. The van der Waals surface area contributed by atoms with Gasteiger partial charge < -0.3 is 15.0 Å². The van der Waals surface area contributed by atoms with E-state index < -0.39 is 0 Å². The van der Waals surface area contributed by atoms with Crippen LogP contribution in [0.25, 0.3) is 0 Å². The number of halogens is 1. The summed E-state index contributed by atoms with van der Waals surface area (Å²) in [6.45, 7) is 2.17. The number of pyridine rings is 1. The standard InChI is InChI=1S/C19H22ClN3O2/c1-25-13-14-3-2-4-17(11-14)22-19(24)15-7-9-23(10-8-15)18-6-5-16(20)12-21-18/h2-6,11-12,15H,7-10,13H2,1H3,(H,22,24). The lowest BCUT2D eigenvalue weighted by molar-refractivity contribution is -0.120. The summed E-state index contributed by atoms with van der Waals surface area (Å²) in [5, 5.41) is 3.66. The van der Waals surface area contributed by atoms with E-state index in [-0.39, 0.29) is 11.8 Å². The van der Waals surface area contributed by atoms with Gasteiger partial charge in [-0.1, -0.05) is 23.7 Å². The van der Waals surface area contributed by atoms with Gasteiger partial charge in [0.15, 0.2) is 0 Å². The van der Waals surface area contributed by atoms with Crippen LogP contribution >= 0.6 is 11.6 Å². The van der Waals surface area contributed by atoms with Crippen molar-refractivity contribution in [1.82, 2.24) is 4.98 Å². The minimum atomic E-state index is 0.0228. The molecular weight excluding hydrogens is 338 g/mol. The molecule has 1 N–H and O–H groups in total. The normalized spacial score (nSPS) is 15.2. The van der Waals surface area contributed by atoms with Gasteiger partial charge in [-0.15, -0.1) is 0 Å². The molecule has 3 rings (SSSR count). The molecule has 1 amide bonds. The molecule has 1 aliphatic heterocycles. The second kappa shape index (κ2) is 8.32. The summed E-state index contributed by atoms with van der Waals surface area (Å²) in [6.07, 6.45) is 3.28. The Morgan fingerprint density at radius 2 is 2.12 bits per heavy atom. The van der Waals surface area contributed by atoms with E-state index in [4.69, 9.17) is 16.3 Å². The summed E-state index contributed by atoms with van der Waals surface area (Å²) in [7, 11) is 1.66. The van der Waals surface area contributed by atoms with Crippen molar-refractivity contribution in [1.29, 1.82) is 0 Å². The van der Waals surface area contributed by atoms with E-state index >= 15 is 0 Å². The Balaban J connectivity index is 1.54. The van der Waals surface area contributed by atoms with Crippen LogP contribution in [-0.4, -0.2) is 31.1 Å².